The summed E-state index contributed by atoms with van der Waals surface area (Å²) >= 11 is 1.18. The monoisotopic (exact) mass is 427 g/mol. The fourth-order valence-corrected chi connectivity index (χ4v) is 4.92. The minimum Gasteiger partial charge on any atom is -0.423 e. The van der Waals surface area contributed by atoms with Crippen LogP contribution < -0.4 is 4.72 Å². The average molecular weight is 427 g/mol. The van der Waals surface area contributed by atoms with Gasteiger partial charge in [0.1, 0.15) is 10.4 Å². The lowest BCUT2D eigenvalue weighted by Gasteiger charge is -2.10. The number of para-hydroxylation sites is 2. The first-order valence-corrected chi connectivity index (χ1v) is 10.6. The second kappa shape index (κ2) is 7.57. The molecule has 0 aliphatic carbocycles. The highest BCUT2D eigenvalue weighted by Crippen LogP contribution is 2.34. The van der Waals surface area contributed by atoms with Crippen molar-refractivity contribution in [3.63, 3.8) is 0 Å². The number of oxazole rings is 1. The second-order valence-corrected chi connectivity index (χ2v) is 8.66. The molecule has 0 unspecified atom stereocenters. The molecule has 0 aliphatic heterocycles. The van der Waals surface area contributed by atoms with Crippen molar-refractivity contribution in [3.8, 4) is 0 Å². The molecular weight excluding hydrogens is 414 g/mol. The molecule has 1 heterocycles. The van der Waals surface area contributed by atoms with Crippen molar-refractivity contribution < 1.29 is 17.8 Å². The maximum atomic E-state index is 12.9. The highest BCUT2D eigenvalue weighted by Gasteiger charge is 2.21. The second-order valence-electron chi connectivity index (χ2n) is 5.89. The van der Waals surface area contributed by atoms with Crippen molar-refractivity contribution >= 4 is 44.6 Å². The largest absolute Gasteiger partial charge is 0.423 e. The first-order chi connectivity index (χ1) is 13.9. The Morgan fingerprint density at radius 2 is 1.66 bits per heavy atom. The number of sulfonamides is 1. The third-order valence-electron chi connectivity index (χ3n) is 3.93. The number of hydrogen-bond acceptors (Lipinski definition) is 7. The van der Waals surface area contributed by atoms with Gasteiger partial charge in [0.25, 0.3) is 15.7 Å². The van der Waals surface area contributed by atoms with Crippen LogP contribution in [-0.2, 0) is 10.0 Å². The molecule has 10 heteroatoms. The molecule has 146 valence electrons. The van der Waals surface area contributed by atoms with Gasteiger partial charge in [-0.25, -0.2) is 13.1 Å². The van der Waals surface area contributed by atoms with Gasteiger partial charge in [-0.3, -0.25) is 10.1 Å². The Kier molecular flexibility index (Phi) is 4.95. The molecule has 1 aromatic heterocycles. The van der Waals surface area contributed by atoms with Crippen molar-refractivity contribution in [2.45, 2.75) is 14.7 Å². The molecule has 0 fully saturated rings. The lowest BCUT2D eigenvalue weighted by atomic mass is 10.3. The van der Waals surface area contributed by atoms with E-state index < -0.39 is 14.9 Å². The van der Waals surface area contributed by atoms with Gasteiger partial charge in [-0.2, -0.15) is 4.98 Å². The summed E-state index contributed by atoms with van der Waals surface area (Å²) in [5.41, 5.74) is 0.977. The molecule has 3 aromatic carbocycles. The standard InChI is InChI=1S/C19H13N3O5S2/c23-22(24)13-9-11-14(12-10-13)28-17-7-3-4-8-18(17)29(25,26)21-19-20-15-5-1-2-6-16(15)27-19/h1-12H,(H,20,21). The molecule has 1 N–H and O–H groups in total. The predicted octanol–water partition coefficient (Wildman–Crippen LogP) is 4.69. The van der Waals surface area contributed by atoms with Crippen LogP contribution >= 0.6 is 11.8 Å². The van der Waals surface area contributed by atoms with Crippen molar-refractivity contribution in [2.24, 2.45) is 0 Å². The van der Waals surface area contributed by atoms with Gasteiger partial charge in [0.05, 0.1) is 4.92 Å². The summed E-state index contributed by atoms with van der Waals surface area (Å²) in [6.07, 6.45) is 0. The Hall–Kier alpha value is -3.37. The number of hydrogen-bond donors (Lipinski definition) is 1. The summed E-state index contributed by atoms with van der Waals surface area (Å²) in [5.74, 6) is 0. The summed E-state index contributed by atoms with van der Waals surface area (Å²) in [6.45, 7) is 0. The lowest BCUT2D eigenvalue weighted by molar-refractivity contribution is -0.384. The fraction of sp³-hybridized carbons (Fsp3) is 0. The minimum atomic E-state index is -3.97. The topological polar surface area (TPSA) is 115 Å². The SMILES string of the molecule is O=[N+]([O-])c1ccc(Sc2ccccc2S(=O)(=O)Nc2nc3ccccc3o2)cc1. The van der Waals surface area contributed by atoms with Gasteiger partial charge in [0, 0.05) is 21.9 Å². The number of non-ortho nitro benzene ring substituents is 1. The van der Waals surface area contributed by atoms with E-state index in [1.54, 1.807) is 54.6 Å². The minimum absolute atomic E-state index is 0.0344. The number of benzene rings is 3. The van der Waals surface area contributed by atoms with Crippen molar-refractivity contribution in [1.82, 2.24) is 4.98 Å². The number of aromatic nitrogens is 1. The van der Waals surface area contributed by atoms with Crippen LogP contribution in [0.1, 0.15) is 0 Å². The van der Waals surface area contributed by atoms with Crippen LogP contribution in [0.15, 0.2) is 91.9 Å². The van der Waals surface area contributed by atoms with Gasteiger partial charge >= 0.3 is 6.01 Å². The smallest absolute Gasteiger partial charge is 0.309 e. The molecule has 0 atom stereocenters. The van der Waals surface area contributed by atoms with Crippen molar-refractivity contribution in [2.75, 3.05) is 4.72 Å². The van der Waals surface area contributed by atoms with Gasteiger partial charge in [-0.05, 0) is 36.4 Å². The van der Waals surface area contributed by atoms with Gasteiger partial charge in [0.15, 0.2) is 5.58 Å². The molecule has 4 rings (SSSR count). The van der Waals surface area contributed by atoms with E-state index in [0.29, 0.717) is 20.9 Å². The van der Waals surface area contributed by atoms with E-state index in [2.05, 4.69) is 9.71 Å². The van der Waals surface area contributed by atoms with Gasteiger partial charge < -0.3 is 4.42 Å². The first kappa shape index (κ1) is 19.0. The zero-order valence-corrected chi connectivity index (χ0v) is 16.3. The number of anilines is 1. The molecule has 0 aliphatic rings. The number of fused-ring (bicyclic) bond motifs is 1. The van der Waals surface area contributed by atoms with E-state index in [4.69, 9.17) is 4.42 Å². The normalized spacial score (nSPS) is 11.4. The van der Waals surface area contributed by atoms with Crippen LogP contribution in [0.3, 0.4) is 0 Å². The summed E-state index contributed by atoms with van der Waals surface area (Å²) in [5, 5.41) is 10.8. The maximum Gasteiger partial charge on any atom is 0.309 e. The molecule has 0 spiro atoms. The van der Waals surface area contributed by atoms with Crippen LogP contribution in [0.25, 0.3) is 11.1 Å². The van der Waals surface area contributed by atoms with Crippen LogP contribution in [-0.4, -0.2) is 18.3 Å². The third kappa shape index (κ3) is 4.08. The van der Waals surface area contributed by atoms with Crippen molar-refractivity contribution in [1.29, 1.82) is 0 Å². The van der Waals surface area contributed by atoms with Crippen molar-refractivity contribution in [3.05, 3.63) is 82.9 Å². The Morgan fingerprint density at radius 1 is 0.966 bits per heavy atom. The summed E-state index contributed by atoms with van der Waals surface area (Å²) in [6, 6.07) is 19.2. The number of nitrogens with zero attached hydrogens (tertiary/aromatic N) is 2. The average Bonchev–Trinajstić information content (AvgIpc) is 3.10. The highest BCUT2D eigenvalue weighted by atomic mass is 32.2. The van der Waals surface area contributed by atoms with Gasteiger partial charge in [-0.15, -0.1) is 0 Å². The zero-order chi connectivity index (χ0) is 20.4. The molecule has 0 saturated heterocycles. The number of nitro benzene ring substituents is 1. The van der Waals surface area contributed by atoms with Gasteiger partial charge in [0.2, 0.25) is 0 Å². The van der Waals surface area contributed by atoms with Gasteiger partial charge in [-0.1, -0.05) is 36.0 Å². The van der Waals surface area contributed by atoms with Crippen LogP contribution in [0.4, 0.5) is 11.7 Å². The van der Waals surface area contributed by atoms with Crippen LogP contribution in [0.2, 0.25) is 0 Å². The highest BCUT2D eigenvalue weighted by molar-refractivity contribution is 8.00. The van der Waals surface area contributed by atoms with E-state index in [9.17, 15) is 18.5 Å². The Bertz CT molecular complexity index is 1270. The molecule has 0 bridgehead atoms. The van der Waals surface area contributed by atoms with E-state index in [-0.39, 0.29) is 16.6 Å². The van der Waals surface area contributed by atoms with E-state index >= 15 is 0 Å². The zero-order valence-electron chi connectivity index (χ0n) is 14.7. The maximum absolute atomic E-state index is 12.9. The van der Waals surface area contributed by atoms with E-state index in [1.165, 1.54) is 30.0 Å². The number of rotatable bonds is 6. The Labute approximate surface area is 169 Å². The number of nitro groups is 1. The quantitative estimate of drug-likeness (QED) is 0.351. The third-order valence-corrected chi connectivity index (χ3v) is 6.52. The fourth-order valence-electron chi connectivity index (χ4n) is 2.61. The lowest BCUT2D eigenvalue weighted by Crippen LogP contribution is -2.14. The summed E-state index contributed by atoms with van der Waals surface area (Å²) in [4.78, 5) is 15.6. The first-order valence-electron chi connectivity index (χ1n) is 8.32. The van der Waals surface area contributed by atoms with E-state index in [0.717, 1.165) is 0 Å². The predicted molar refractivity (Wildman–Crippen MR) is 108 cm³/mol. The molecule has 8 nitrogen and oxygen atoms in total. The van der Waals surface area contributed by atoms with Crippen LogP contribution in [0.5, 0.6) is 0 Å². The molecular formula is C19H13N3O5S2. The molecule has 0 amide bonds. The number of nitrogens with one attached hydrogen (secondary N) is 1. The van der Waals surface area contributed by atoms with Crippen LogP contribution in [0, 0.1) is 10.1 Å². The van der Waals surface area contributed by atoms with E-state index in [1.807, 2.05) is 0 Å². The Morgan fingerprint density at radius 3 is 2.38 bits per heavy atom. The molecule has 29 heavy (non-hydrogen) atoms. The molecule has 4 aromatic rings. The Balaban J connectivity index is 1.63. The summed E-state index contributed by atoms with van der Waals surface area (Å²) in [7, 11) is -3.97. The summed E-state index contributed by atoms with van der Waals surface area (Å²) < 4.78 is 33.7. The molecule has 0 saturated carbocycles. The molecule has 0 radical (unpaired) electrons.